The number of likely N-dealkylation sites (N-methyl/N-ethyl adjacent to an activating group) is 1. The van der Waals surface area contributed by atoms with Gasteiger partial charge >= 0.3 is 0 Å². The van der Waals surface area contributed by atoms with Gasteiger partial charge in [-0.05, 0) is 31.3 Å². The second-order valence-electron chi connectivity index (χ2n) is 7.21. The van der Waals surface area contributed by atoms with E-state index in [0.29, 0.717) is 24.7 Å². The minimum absolute atomic E-state index is 0.0625. The Bertz CT molecular complexity index is 1020. The summed E-state index contributed by atoms with van der Waals surface area (Å²) in [5.74, 6) is 1.19. The van der Waals surface area contributed by atoms with Crippen LogP contribution in [0.3, 0.4) is 0 Å². The van der Waals surface area contributed by atoms with E-state index in [1.165, 1.54) is 0 Å². The molecule has 0 saturated carbocycles. The second kappa shape index (κ2) is 8.54. The molecule has 2 aromatic heterocycles. The van der Waals surface area contributed by atoms with E-state index in [4.69, 9.17) is 9.47 Å². The Balaban J connectivity index is 1.75. The number of ether oxygens (including phenoxy) is 2. The fourth-order valence-electron chi connectivity index (χ4n) is 3.46. The number of methoxy groups -OCH3 is 2. The first kappa shape index (κ1) is 19.9. The van der Waals surface area contributed by atoms with Crippen LogP contribution in [0.4, 0.5) is 0 Å². The average molecular weight is 407 g/mol. The minimum Gasteiger partial charge on any atom is -0.497 e. The molecule has 30 heavy (non-hydrogen) atoms. The lowest BCUT2D eigenvalue weighted by atomic mass is 10.1. The SMILES string of the molecule is COc1cccc(-c2cc(C(=O)N3CCN(C)CC3)nn2-c2ccc(OC)nc2)c1. The number of piperazine rings is 1. The minimum atomic E-state index is -0.0625. The molecule has 0 N–H and O–H groups in total. The Hall–Kier alpha value is -3.39. The van der Waals surface area contributed by atoms with Gasteiger partial charge in [0.1, 0.15) is 5.75 Å². The third-order valence-corrected chi connectivity index (χ3v) is 5.26. The van der Waals surface area contributed by atoms with Crippen LogP contribution in [0.2, 0.25) is 0 Å². The van der Waals surface area contributed by atoms with Gasteiger partial charge in [-0.15, -0.1) is 0 Å². The van der Waals surface area contributed by atoms with Crippen LogP contribution in [-0.4, -0.2) is 77.9 Å². The number of hydrogen-bond acceptors (Lipinski definition) is 6. The summed E-state index contributed by atoms with van der Waals surface area (Å²) in [6, 6.07) is 13.2. The molecule has 3 aromatic rings. The molecule has 1 fully saturated rings. The van der Waals surface area contributed by atoms with Crippen LogP contribution < -0.4 is 9.47 Å². The molecule has 8 heteroatoms. The normalized spacial score (nSPS) is 14.6. The summed E-state index contributed by atoms with van der Waals surface area (Å²) in [4.78, 5) is 21.5. The van der Waals surface area contributed by atoms with Gasteiger partial charge in [0.05, 0.1) is 31.8 Å². The quantitative estimate of drug-likeness (QED) is 0.647. The third kappa shape index (κ3) is 3.99. The molecule has 0 bridgehead atoms. The zero-order valence-corrected chi connectivity index (χ0v) is 17.4. The maximum absolute atomic E-state index is 13.1. The molecule has 0 spiro atoms. The van der Waals surface area contributed by atoms with Gasteiger partial charge in [0.2, 0.25) is 5.88 Å². The van der Waals surface area contributed by atoms with Crippen LogP contribution in [0.1, 0.15) is 10.5 Å². The Morgan fingerprint density at radius 1 is 1.00 bits per heavy atom. The Morgan fingerprint density at radius 3 is 2.47 bits per heavy atom. The molecule has 1 amide bonds. The fourth-order valence-corrected chi connectivity index (χ4v) is 3.46. The summed E-state index contributed by atoms with van der Waals surface area (Å²) in [5.41, 5.74) is 2.84. The van der Waals surface area contributed by atoms with Crippen molar-refractivity contribution in [2.24, 2.45) is 0 Å². The number of pyridine rings is 1. The molecule has 1 saturated heterocycles. The first-order valence-electron chi connectivity index (χ1n) is 9.82. The van der Waals surface area contributed by atoms with Gasteiger partial charge in [-0.25, -0.2) is 9.67 Å². The Morgan fingerprint density at radius 2 is 1.80 bits per heavy atom. The van der Waals surface area contributed by atoms with E-state index in [-0.39, 0.29) is 5.91 Å². The van der Waals surface area contributed by atoms with E-state index in [0.717, 1.165) is 35.8 Å². The topological polar surface area (TPSA) is 72.7 Å². The van der Waals surface area contributed by atoms with Crippen molar-refractivity contribution < 1.29 is 14.3 Å². The van der Waals surface area contributed by atoms with E-state index >= 15 is 0 Å². The van der Waals surface area contributed by atoms with Crippen molar-refractivity contribution in [2.45, 2.75) is 0 Å². The van der Waals surface area contributed by atoms with E-state index in [1.54, 1.807) is 31.2 Å². The predicted octanol–water partition coefficient (Wildman–Crippen LogP) is 2.34. The van der Waals surface area contributed by atoms with Crippen molar-refractivity contribution in [1.82, 2.24) is 24.6 Å². The molecule has 1 aliphatic heterocycles. The summed E-state index contributed by atoms with van der Waals surface area (Å²) >= 11 is 0. The van der Waals surface area contributed by atoms with Gasteiger partial charge in [-0.3, -0.25) is 4.79 Å². The van der Waals surface area contributed by atoms with Gasteiger partial charge < -0.3 is 19.3 Å². The molecule has 1 aromatic carbocycles. The number of nitrogens with zero attached hydrogens (tertiary/aromatic N) is 5. The van der Waals surface area contributed by atoms with E-state index in [9.17, 15) is 4.79 Å². The summed E-state index contributed by atoms with van der Waals surface area (Å²) in [6.07, 6.45) is 1.68. The van der Waals surface area contributed by atoms with Crippen LogP contribution in [0, 0.1) is 0 Å². The van der Waals surface area contributed by atoms with Gasteiger partial charge in [0.15, 0.2) is 5.69 Å². The van der Waals surface area contributed by atoms with E-state index < -0.39 is 0 Å². The van der Waals surface area contributed by atoms with Gasteiger partial charge in [0.25, 0.3) is 5.91 Å². The standard InChI is InChI=1S/C22H25N5O3/c1-25-9-11-26(12-10-25)22(28)19-14-20(16-5-4-6-18(13-16)29-2)27(24-19)17-7-8-21(30-3)23-15-17/h4-8,13-15H,9-12H2,1-3H3. The number of rotatable bonds is 5. The lowest BCUT2D eigenvalue weighted by molar-refractivity contribution is 0.0657. The number of aromatic nitrogens is 3. The monoisotopic (exact) mass is 407 g/mol. The number of amides is 1. The molecule has 0 aliphatic carbocycles. The molecule has 8 nitrogen and oxygen atoms in total. The summed E-state index contributed by atoms with van der Waals surface area (Å²) < 4.78 is 12.3. The lowest BCUT2D eigenvalue weighted by Crippen LogP contribution is -2.47. The lowest BCUT2D eigenvalue weighted by Gasteiger charge is -2.31. The smallest absolute Gasteiger partial charge is 0.274 e. The van der Waals surface area contributed by atoms with Crippen molar-refractivity contribution in [3.05, 3.63) is 54.4 Å². The van der Waals surface area contributed by atoms with Crippen LogP contribution >= 0.6 is 0 Å². The number of benzene rings is 1. The van der Waals surface area contributed by atoms with Crippen molar-refractivity contribution in [1.29, 1.82) is 0 Å². The highest BCUT2D eigenvalue weighted by atomic mass is 16.5. The van der Waals surface area contributed by atoms with Crippen molar-refractivity contribution in [2.75, 3.05) is 47.4 Å². The maximum atomic E-state index is 13.1. The highest BCUT2D eigenvalue weighted by Crippen LogP contribution is 2.28. The molecule has 0 atom stereocenters. The molecule has 3 heterocycles. The zero-order valence-electron chi connectivity index (χ0n) is 17.4. The summed E-state index contributed by atoms with van der Waals surface area (Å²) in [7, 11) is 5.27. The highest BCUT2D eigenvalue weighted by molar-refractivity contribution is 5.93. The van der Waals surface area contributed by atoms with Crippen molar-refractivity contribution >= 4 is 5.91 Å². The fraction of sp³-hybridized carbons (Fsp3) is 0.318. The number of carbonyl (C=O) groups is 1. The average Bonchev–Trinajstić information content (AvgIpc) is 3.25. The van der Waals surface area contributed by atoms with Crippen LogP contribution in [-0.2, 0) is 0 Å². The molecular formula is C22H25N5O3. The zero-order chi connectivity index (χ0) is 21.1. The van der Waals surface area contributed by atoms with Crippen molar-refractivity contribution in [3.63, 3.8) is 0 Å². The highest BCUT2D eigenvalue weighted by Gasteiger charge is 2.24. The van der Waals surface area contributed by atoms with E-state index in [2.05, 4.69) is 22.0 Å². The second-order valence-corrected chi connectivity index (χ2v) is 7.21. The first-order chi connectivity index (χ1) is 14.6. The number of carbonyl (C=O) groups excluding carboxylic acids is 1. The molecule has 4 rings (SSSR count). The van der Waals surface area contributed by atoms with Crippen LogP contribution in [0.25, 0.3) is 16.9 Å². The van der Waals surface area contributed by atoms with Gasteiger partial charge in [-0.2, -0.15) is 5.10 Å². The van der Waals surface area contributed by atoms with Crippen molar-refractivity contribution in [3.8, 4) is 28.6 Å². The summed E-state index contributed by atoms with van der Waals surface area (Å²) in [6.45, 7) is 3.11. The molecular weight excluding hydrogens is 382 g/mol. The largest absolute Gasteiger partial charge is 0.497 e. The van der Waals surface area contributed by atoms with Gasteiger partial charge in [-0.1, -0.05) is 12.1 Å². The van der Waals surface area contributed by atoms with Gasteiger partial charge in [0, 0.05) is 37.8 Å². The van der Waals surface area contributed by atoms with E-state index in [1.807, 2.05) is 41.3 Å². The van der Waals surface area contributed by atoms with Crippen LogP contribution in [0.5, 0.6) is 11.6 Å². The number of hydrogen-bond donors (Lipinski definition) is 0. The molecule has 0 radical (unpaired) electrons. The Labute approximate surface area is 175 Å². The third-order valence-electron chi connectivity index (χ3n) is 5.26. The maximum Gasteiger partial charge on any atom is 0.274 e. The first-order valence-corrected chi connectivity index (χ1v) is 9.82. The predicted molar refractivity (Wildman–Crippen MR) is 113 cm³/mol. The summed E-state index contributed by atoms with van der Waals surface area (Å²) in [5, 5.41) is 4.65. The molecule has 156 valence electrons. The molecule has 1 aliphatic rings. The Kier molecular flexibility index (Phi) is 5.67. The van der Waals surface area contributed by atoms with Crippen LogP contribution in [0.15, 0.2) is 48.7 Å². The molecule has 0 unspecified atom stereocenters.